The van der Waals surface area contributed by atoms with Crippen LogP contribution in [0.4, 0.5) is 0 Å². The molecule has 20 heavy (non-hydrogen) atoms. The van der Waals surface area contributed by atoms with Crippen LogP contribution in [0.15, 0.2) is 0 Å². The fourth-order valence-electron chi connectivity index (χ4n) is 2.81. The summed E-state index contributed by atoms with van der Waals surface area (Å²) in [7, 11) is 1.79. The monoisotopic (exact) mass is 281 g/mol. The number of aromatic nitrogens is 2. The molecule has 6 nitrogen and oxygen atoms in total. The summed E-state index contributed by atoms with van der Waals surface area (Å²) in [4.78, 5) is 14.3. The minimum absolute atomic E-state index is 0.0322. The molecule has 0 aromatic carbocycles. The maximum Gasteiger partial charge on any atom is 0.272 e. The van der Waals surface area contributed by atoms with Gasteiger partial charge in [0.25, 0.3) is 5.91 Å². The Balaban J connectivity index is 2.39. The second-order valence-corrected chi connectivity index (χ2v) is 5.24. The van der Waals surface area contributed by atoms with Gasteiger partial charge in [0.2, 0.25) is 0 Å². The first kappa shape index (κ1) is 15.0. The predicted molar refractivity (Wildman–Crippen MR) is 74.5 cm³/mol. The lowest BCUT2D eigenvalue weighted by Gasteiger charge is -2.26. The molecule has 0 aliphatic carbocycles. The number of carbonyl (C=O) groups excluding carboxylic acids is 1. The summed E-state index contributed by atoms with van der Waals surface area (Å²) < 4.78 is 7.40. The van der Waals surface area contributed by atoms with E-state index in [4.69, 9.17) is 9.84 Å². The Morgan fingerprint density at radius 3 is 2.85 bits per heavy atom. The Bertz CT molecular complexity index is 498. The number of hydrogen-bond acceptors (Lipinski definition) is 4. The molecule has 112 valence electrons. The van der Waals surface area contributed by atoms with E-state index in [-0.39, 0.29) is 24.7 Å². The highest BCUT2D eigenvalue weighted by Gasteiger charge is 2.32. The van der Waals surface area contributed by atoms with Crippen LogP contribution in [0, 0.1) is 0 Å². The first-order chi connectivity index (χ1) is 9.49. The first-order valence-corrected chi connectivity index (χ1v) is 7.10. The van der Waals surface area contributed by atoms with Gasteiger partial charge in [-0.15, -0.1) is 0 Å². The van der Waals surface area contributed by atoms with E-state index < -0.39 is 0 Å². The van der Waals surface area contributed by atoms with Gasteiger partial charge in [0.05, 0.1) is 24.5 Å². The number of rotatable bonds is 4. The number of fused-ring (bicyclic) bond motifs is 1. The summed E-state index contributed by atoms with van der Waals surface area (Å²) in [5.74, 6) is -0.0703. The molecule has 1 amide bonds. The largest absolute Gasteiger partial charge is 0.395 e. The van der Waals surface area contributed by atoms with E-state index >= 15 is 0 Å². The lowest BCUT2D eigenvalue weighted by molar-refractivity contribution is -0.00714. The van der Waals surface area contributed by atoms with Crippen molar-refractivity contribution in [1.82, 2.24) is 14.7 Å². The Kier molecular flexibility index (Phi) is 4.45. The third-order valence-electron chi connectivity index (χ3n) is 3.73. The Morgan fingerprint density at radius 1 is 1.55 bits per heavy atom. The predicted octanol–water partition coefficient (Wildman–Crippen LogP) is 0.897. The van der Waals surface area contributed by atoms with Crippen LogP contribution in [0.2, 0.25) is 0 Å². The van der Waals surface area contributed by atoms with Crippen molar-refractivity contribution in [2.24, 2.45) is 7.05 Å². The zero-order chi connectivity index (χ0) is 14.9. The van der Waals surface area contributed by atoms with Crippen LogP contribution in [0.3, 0.4) is 0 Å². The topological polar surface area (TPSA) is 67.6 Å². The van der Waals surface area contributed by atoms with Gasteiger partial charge in [0.15, 0.2) is 0 Å². The van der Waals surface area contributed by atoms with E-state index in [9.17, 15) is 4.79 Å². The standard InChI is InChI=1S/C14H23N3O3/c1-5-17(6-7-18)14(19)13-11-8-9(2)20-10(3)12(11)15-16(13)4/h9-10,18H,5-8H2,1-4H3/t9-,10+/m1/s1. The average molecular weight is 281 g/mol. The molecule has 1 aliphatic rings. The molecule has 0 unspecified atom stereocenters. The minimum Gasteiger partial charge on any atom is -0.395 e. The number of aliphatic hydroxyl groups excluding tert-OH is 1. The van der Waals surface area contributed by atoms with Gasteiger partial charge >= 0.3 is 0 Å². The quantitative estimate of drug-likeness (QED) is 0.890. The average Bonchev–Trinajstić information content (AvgIpc) is 2.72. The summed E-state index contributed by atoms with van der Waals surface area (Å²) in [6.07, 6.45) is 0.696. The summed E-state index contributed by atoms with van der Waals surface area (Å²) in [6, 6.07) is 0. The van der Waals surface area contributed by atoms with Gasteiger partial charge in [-0.25, -0.2) is 0 Å². The van der Waals surface area contributed by atoms with Gasteiger partial charge in [-0.1, -0.05) is 0 Å². The number of amides is 1. The second-order valence-electron chi connectivity index (χ2n) is 5.24. The van der Waals surface area contributed by atoms with E-state index in [0.717, 1.165) is 11.3 Å². The third kappa shape index (κ3) is 2.58. The van der Waals surface area contributed by atoms with Crippen LogP contribution in [0.1, 0.15) is 48.6 Å². The molecule has 0 saturated carbocycles. The zero-order valence-corrected chi connectivity index (χ0v) is 12.6. The van der Waals surface area contributed by atoms with Gasteiger partial charge in [-0.05, 0) is 20.8 Å². The van der Waals surface area contributed by atoms with Crippen LogP contribution < -0.4 is 0 Å². The number of aryl methyl sites for hydroxylation is 1. The van der Waals surface area contributed by atoms with Crippen LogP contribution >= 0.6 is 0 Å². The van der Waals surface area contributed by atoms with Gasteiger partial charge in [0, 0.05) is 32.1 Å². The molecule has 0 fully saturated rings. The first-order valence-electron chi connectivity index (χ1n) is 7.10. The zero-order valence-electron chi connectivity index (χ0n) is 12.6. The molecule has 6 heteroatoms. The molecule has 2 rings (SSSR count). The Morgan fingerprint density at radius 2 is 2.25 bits per heavy atom. The van der Waals surface area contributed by atoms with Crippen molar-refractivity contribution < 1.29 is 14.6 Å². The van der Waals surface area contributed by atoms with Gasteiger partial charge in [0.1, 0.15) is 5.69 Å². The molecule has 2 heterocycles. The smallest absolute Gasteiger partial charge is 0.272 e. The van der Waals surface area contributed by atoms with E-state index in [1.165, 1.54) is 0 Å². The minimum atomic E-state index is -0.0885. The number of ether oxygens (including phenoxy) is 1. The van der Waals surface area contributed by atoms with Crippen molar-refractivity contribution in [2.45, 2.75) is 39.4 Å². The normalized spacial score (nSPS) is 21.6. The molecular formula is C14H23N3O3. The second kappa shape index (κ2) is 5.93. The van der Waals surface area contributed by atoms with Gasteiger partial charge in [-0.3, -0.25) is 9.48 Å². The Hall–Kier alpha value is -1.40. The number of hydrogen-bond donors (Lipinski definition) is 1. The molecule has 0 saturated heterocycles. The molecule has 1 aliphatic heterocycles. The van der Waals surface area contributed by atoms with Crippen molar-refractivity contribution in [2.75, 3.05) is 19.7 Å². The van der Waals surface area contributed by atoms with Crippen LogP contribution in [0.5, 0.6) is 0 Å². The molecule has 1 N–H and O–H groups in total. The molecule has 1 aromatic heterocycles. The highest BCUT2D eigenvalue weighted by atomic mass is 16.5. The fraction of sp³-hybridized carbons (Fsp3) is 0.714. The van der Waals surface area contributed by atoms with Gasteiger partial charge < -0.3 is 14.7 Å². The molecule has 0 bridgehead atoms. The number of aliphatic hydroxyl groups is 1. The SMILES string of the molecule is CCN(CCO)C(=O)c1c2c(nn1C)[C@H](C)O[C@H](C)C2. The number of carbonyl (C=O) groups is 1. The van der Waals surface area contributed by atoms with Crippen molar-refractivity contribution >= 4 is 5.91 Å². The van der Waals surface area contributed by atoms with Crippen LogP contribution in [-0.4, -0.2) is 51.5 Å². The van der Waals surface area contributed by atoms with Crippen molar-refractivity contribution in [3.63, 3.8) is 0 Å². The molecule has 1 aromatic rings. The highest BCUT2D eigenvalue weighted by molar-refractivity contribution is 5.94. The lowest BCUT2D eigenvalue weighted by Crippen LogP contribution is -2.35. The van der Waals surface area contributed by atoms with Crippen molar-refractivity contribution in [3.8, 4) is 0 Å². The summed E-state index contributed by atoms with van der Waals surface area (Å²) in [6.45, 7) is 6.76. The summed E-state index contributed by atoms with van der Waals surface area (Å²) in [5, 5.41) is 13.5. The van der Waals surface area contributed by atoms with Crippen LogP contribution in [0.25, 0.3) is 0 Å². The van der Waals surface area contributed by atoms with Crippen LogP contribution in [-0.2, 0) is 18.2 Å². The third-order valence-corrected chi connectivity index (χ3v) is 3.73. The van der Waals surface area contributed by atoms with E-state index in [1.54, 1.807) is 16.6 Å². The van der Waals surface area contributed by atoms with Crippen molar-refractivity contribution in [3.05, 3.63) is 17.0 Å². The molecule has 0 radical (unpaired) electrons. The van der Waals surface area contributed by atoms with E-state index in [1.807, 2.05) is 20.8 Å². The summed E-state index contributed by atoms with van der Waals surface area (Å²) >= 11 is 0. The van der Waals surface area contributed by atoms with Gasteiger partial charge in [-0.2, -0.15) is 5.10 Å². The molecule has 2 atom stereocenters. The maximum absolute atomic E-state index is 12.6. The number of nitrogens with zero attached hydrogens (tertiary/aromatic N) is 3. The molecular weight excluding hydrogens is 258 g/mol. The number of likely N-dealkylation sites (N-methyl/N-ethyl adjacent to an activating group) is 1. The highest BCUT2D eigenvalue weighted by Crippen LogP contribution is 2.31. The molecule has 0 spiro atoms. The van der Waals surface area contributed by atoms with Crippen molar-refractivity contribution in [1.29, 1.82) is 0 Å². The van der Waals surface area contributed by atoms with E-state index in [2.05, 4.69) is 5.10 Å². The maximum atomic E-state index is 12.6. The van der Waals surface area contributed by atoms with E-state index in [0.29, 0.717) is 25.2 Å². The fourth-order valence-corrected chi connectivity index (χ4v) is 2.81. The Labute approximate surface area is 119 Å². The summed E-state index contributed by atoms with van der Waals surface area (Å²) in [5.41, 5.74) is 2.46. The lowest BCUT2D eigenvalue weighted by atomic mass is 9.99.